The smallest absolute Gasteiger partial charge is 0.307 e. The quantitative estimate of drug-likeness (QED) is 0.386. The van der Waals surface area contributed by atoms with E-state index in [0.29, 0.717) is 12.3 Å². The topological polar surface area (TPSA) is 125 Å². The predicted molar refractivity (Wildman–Crippen MR) is 88.0 cm³/mol. The number of hydrazone groups is 1. The van der Waals surface area contributed by atoms with Crippen LogP contribution in [-0.4, -0.2) is 42.9 Å². The molecule has 1 N–H and O–H groups in total. The summed E-state index contributed by atoms with van der Waals surface area (Å²) in [7, 11) is 1.56. The summed E-state index contributed by atoms with van der Waals surface area (Å²) in [6.07, 6.45) is 7.04. The Balaban J connectivity index is 1.77. The maximum atomic E-state index is 10.8. The average Bonchev–Trinajstić information content (AvgIpc) is 3.27. The van der Waals surface area contributed by atoms with Gasteiger partial charge in [-0.3, -0.25) is 14.8 Å². The van der Waals surface area contributed by atoms with Gasteiger partial charge in [0, 0.05) is 5.56 Å². The number of rotatable bonds is 7. The Morgan fingerprint density at radius 1 is 1.44 bits per heavy atom. The van der Waals surface area contributed by atoms with Crippen molar-refractivity contribution in [2.75, 3.05) is 12.6 Å². The molecule has 0 aliphatic rings. The number of methoxy groups -OCH3 is 1. The lowest BCUT2D eigenvalue weighted by molar-refractivity contribution is -0.385. The molecule has 0 aliphatic carbocycles. The van der Waals surface area contributed by atoms with Crippen LogP contribution in [0.15, 0.2) is 48.3 Å². The molecule has 2 heterocycles. The third-order valence-electron chi connectivity index (χ3n) is 3.26. The summed E-state index contributed by atoms with van der Waals surface area (Å²) in [6, 6.07) is 5.49. The zero-order valence-corrected chi connectivity index (χ0v) is 13.2. The van der Waals surface area contributed by atoms with Crippen molar-refractivity contribution in [2.24, 2.45) is 5.10 Å². The van der Waals surface area contributed by atoms with Gasteiger partial charge < -0.3 is 4.74 Å². The lowest BCUT2D eigenvalue weighted by Gasteiger charge is -2.09. The van der Waals surface area contributed by atoms with E-state index in [2.05, 4.69) is 25.8 Å². The van der Waals surface area contributed by atoms with Crippen LogP contribution in [-0.2, 0) is 6.54 Å². The Morgan fingerprint density at radius 2 is 2.32 bits per heavy atom. The lowest BCUT2D eigenvalue weighted by Crippen LogP contribution is -2.08. The number of nitrogens with one attached hydrogen (secondary N) is 1. The first-order chi connectivity index (χ1) is 12.2. The molecule has 0 fully saturated rings. The van der Waals surface area contributed by atoms with E-state index in [-0.39, 0.29) is 5.69 Å². The number of benzene rings is 1. The highest BCUT2D eigenvalue weighted by atomic mass is 16.6. The molecule has 3 rings (SSSR count). The zero-order chi connectivity index (χ0) is 17.6. The molecular formula is C14H14N8O3. The van der Waals surface area contributed by atoms with E-state index in [0.717, 1.165) is 11.1 Å². The molecule has 3 aromatic rings. The summed E-state index contributed by atoms with van der Waals surface area (Å²) < 4.78 is 6.81. The summed E-state index contributed by atoms with van der Waals surface area (Å²) in [5.41, 5.74) is 4.23. The van der Waals surface area contributed by atoms with Gasteiger partial charge in [-0.1, -0.05) is 0 Å². The lowest BCUT2D eigenvalue weighted by atomic mass is 10.1. The van der Waals surface area contributed by atoms with Gasteiger partial charge in [0.25, 0.3) is 0 Å². The third kappa shape index (κ3) is 3.96. The van der Waals surface area contributed by atoms with Crippen LogP contribution in [0.4, 0.5) is 5.69 Å². The van der Waals surface area contributed by atoms with Crippen molar-refractivity contribution >= 4 is 11.9 Å². The number of nitro groups is 1. The van der Waals surface area contributed by atoms with Crippen molar-refractivity contribution in [3.8, 4) is 5.75 Å². The minimum atomic E-state index is -0.486. The van der Waals surface area contributed by atoms with Crippen LogP contribution in [0, 0.1) is 10.1 Å². The molecule has 0 atom stereocenters. The van der Waals surface area contributed by atoms with Crippen LogP contribution in [0.25, 0.3) is 0 Å². The van der Waals surface area contributed by atoms with E-state index in [1.807, 2.05) is 12.1 Å². The second-order valence-corrected chi connectivity index (χ2v) is 4.92. The van der Waals surface area contributed by atoms with Crippen molar-refractivity contribution in [3.63, 3.8) is 0 Å². The largest absolute Gasteiger partial charge is 0.496 e. The van der Waals surface area contributed by atoms with Crippen molar-refractivity contribution < 1.29 is 9.66 Å². The van der Waals surface area contributed by atoms with E-state index in [9.17, 15) is 10.1 Å². The van der Waals surface area contributed by atoms with Crippen LogP contribution in [0.2, 0.25) is 0 Å². The first-order valence-electron chi connectivity index (χ1n) is 7.13. The van der Waals surface area contributed by atoms with Crippen LogP contribution in [0.1, 0.15) is 11.1 Å². The van der Waals surface area contributed by atoms with Gasteiger partial charge in [-0.25, -0.2) is 4.98 Å². The summed E-state index contributed by atoms with van der Waals surface area (Å²) in [5, 5.41) is 22.6. The zero-order valence-electron chi connectivity index (χ0n) is 13.2. The Kier molecular flexibility index (Phi) is 4.65. The number of aromatic nitrogens is 5. The Hall–Kier alpha value is -3.76. The number of ether oxygens (including phenoxy) is 1. The van der Waals surface area contributed by atoms with Gasteiger partial charge in [0.1, 0.15) is 30.8 Å². The second-order valence-electron chi connectivity index (χ2n) is 4.92. The molecule has 25 heavy (non-hydrogen) atoms. The van der Waals surface area contributed by atoms with Gasteiger partial charge in [-0.2, -0.15) is 15.7 Å². The predicted octanol–water partition coefficient (Wildman–Crippen LogP) is 1.02. The first kappa shape index (κ1) is 16.1. The highest BCUT2D eigenvalue weighted by Crippen LogP contribution is 2.21. The molecule has 0 unspecified atom stereocenters. The molecule has 0 amide bonds. The number of hydrogen-bond donors (Lipinski definition) is 1. The molecular weight excluding hydrogens is 328 g/mol. The minimum absolute atomic E-state index is 0.0614. The van der Waals surface area contributed by atoms with Crippen LogP contribution in [0.5, 0.6) is 5.75 Å². The second kappa shape index (κ2) is 7.21. The van der Waals surface area contributed by atoms with Crippen LogP contribution < -0.4 is 10.3 Å². The molecule has 2 aromatic heterocycles. The summed E-state index contributed by atoms with van der Waals surface area (Å²) in [6.45, 7) is 0.329. The Bertz CT molecular complexity index is 887. The summed E-state index contributed by atoms with van der Waals surface area (Å²) in [5.74, 6) is 0.652. The summed E-state index contributed by atoms with van der Waals surface area (Å²) in [4.78, 5) is 15.4. The van der Waals surface area contributed by atoms with E-state index < -0.39 is 4.92 Å². The van der Waals surface area contributed by atoms with Crippen molar-refractivity contribution in [3.05, 3.63) is 64.5 Å². The maximum absolute atomic E-state index is 10.8. The van der Waals surface area contributed by atoms with Crippen molar-refractivity contribution in [2.45, 2.75) is 6.54 Å². The molecule has 0 aliphatic heterocycles. The van der Waals surface area contributed by atoms with E-state index in [4.69, 9.17) is 4.74 Å². The number of nitrogens with zero attached hydrogens (tertiary/aromatic N) is 7. The van der Waals surface area contributed by atoms with Gasteiger partial charge >= 0.3 is 5.69 Å². The minimum Gasteiger partial charge on any atom is -0.496 e. The molecule has 0 radical (unpaired) electrons. The fourth-order valence-electron chi connectivity index (χ4n) is 2.13. The van der Waals surface area contributed by atoms with Gasteiger partial charge in [0.15, 0.2) is 0 Å². The van der Waals surface area contributed by atoms with Crippen molar-refractivity contribution in [1.82, 2.24) is 24.7 Å². The molecule has 1 aromatic carbocycles. The standard InChI is InChI=1S/C14H14N8O3/c1-25-14-3-2-11(5-16-19-21-10-15-9-18-21)4-12(14)7-20-8-13(6-17-20)22(23)24/h2-6,8-10,19H,7H2,1H3/b16-5+. The Morgan fingerprint density at radius 3 is 3.00 bits per heavy atom. The fourth-order valence-corrected chi connectivity index (χ4v) is 2.13. The summed E-state index contributed by atoms with van der Waals surface area (Å²) >= 11 is 0. The van der Waals surface area contributed by atoms with Crippen LogP contribution in [0.3, 0.4) is 0 Å². The fraction of sp³-hybridized carbons (Fsp3) is 0.143. The monoisotopic (exact) mass is 342 g/mol. The molecule has 0 bridgehead atoms. The SMILES string of the molecule is COc1ccc(/C=N/Nn2cncn2)cc1Cn1cc([N+](=O)[O-])cn1. The first-order valence-corrected chi connectivity index (χ1v) is 7.13. The van der Waals surface area contributed by atoms with E-state index in [1.54, 1.807) is 19.4 Å². The highest BCUT2D eigenvalue weighted by Gasteiger charge is 2.11. The van der Waals surface area contributed by atoms with Crippen LogP contribution >= 0.6 is 0 Å². The van der Waals surface area contributed by atoms with Crippen molar-refractivity contribution in [1.29, 1.82) is 0 Å². The number of hydrogen-bond acceptors (Lipinski definition) is 8. The van der Waals surface area contributed by atoms with Gasteiger partial charge in [0.05, 0.1) is 24.8 Å². The van der Waals surface area contributed by atoms with Gasteiger partial charge in [-0.05, 0) is 23.8 Å². The maximum Gasteiger partial charge on any atom is 0.307 e. The van der Waals surface area contributed by atoms with E-state index in [1.165, 1.54) is 34.5 Å². The molecule has 11 heteroatoms. The molecule has 0 spiro atoms. The molecule has 128 valence electrons. The average molecular weight is 342 g/mol. The third-order valence-corrected chi connectivity index (χ3v) is 3.26. The normalized spacial score (nSPS) is 10.9. The Labute approximate surface area is 141 Å². The molecule has 0 saturated heterocycles. The highest BCUT2D eigenvalue weighted by molar-refractivity contribution is 5.80. The molecule has 11 nitrogen and oxygen atoms in total. The van der Waals surface area contributed by atoms with Gasteiger partial charge in [0.2, 0.25) is 0 Å². The van der Waals surface area contributed by atoms with Gasteiger partial charge in [-0.15, -0.1) is 9.89 Å². The molecule has 0 saturated carbocycles. The van der Waals surface area contributed by atoms with E-state index >= 15 is 0 Å².